The van der Waals surface area contributed by atoms with E-state index < -0.39 is 5.91 Å². The Morgan fingerprint density at radius 3 is 2.24 bits per heavy atom. The summed E-state index contributed by atoms with van der Waals surface area (Å²) in [5.41, 5.74) is 5.82. The third-order valence-corrected chi connectivity index (χ3v) is 6.93. The van der Waals surface area contributed by atoms with E-state index in [2.05, 4.69) is 27.8 Å². The van der Waals surface area contributed by atoms with Crippen molar-refractivity contribution in [3.63, 3.8) is 0 Å². The Balaban J connectivity index is 1.07. The molecule has 0 radical (unpaired) electrons. The SMILES string of the molecule is O=C(/C=C/c1ccc(-c2cc(Cl)cc(Cl)c2)o1)NC(=S)Nc1ccc2oc(-c3ccc(-c4ccccc4)cc3)nc2c1. The first-order chi connectivity index (χ1) is 20.4. The number of carbonyl (C=O) groups is 1. The molecule has 0 aliphatic heterocycles. The Morgan fingerprint density at radius 2 is 1.48 bits per heavy atom. The van der Waals surface area contributed by atoms with Crippen LogP contribution in [-0.2, 0) is 4.79 Å². The minimum atomic E-state index is -0.417. The molecule has 6 nitrogen and oxygen atoms in total. The summed E-state index contributed by atoms with van der Waals surface area (Å²) in [6.07, 6.45) is 2.88. The maximum Gasteiger partial charge on any atom is 0.250 e. The maximum absolute atomic E-state index is 12.4. The zero-order chi connectivity index (χ0) is 29.1. The minimum Gasteiger partial charge on any atom is -0.457 e. The number of halogens is 2. The van der Waals surface area contributed by atoms with Gasteiger partial charge in [-0.3, -0.25) is 10.1 Å². The Labute approximate surface area is 256 Å². The van der Waals surface area contributed by atoms with Crippen LogP contribution in [-0.4, -0.2) is 16.0 Å². The molecule has 0 aliphatic rings. The first kappa shape index (κ1) is 27.5. The fraction of sp³-hybridized carbons (Fsp3) is 0. The summed E-state index contributed by atoms with van der Waals surface area (Å²) in [4.78, 5) is 17.1. The number of anilines is 1. The number of hydrogen-bond acceptors (Lipinski definition) is 5. The van der Waals surface area contributed by atoms with Crippen LogP contribution in [0.1, 0.15) is 5.76 Å². The van der Waals surface area contributed by atoms with Crippen molar-refractivity contribution >= 4 is 69.3 Å². The van der Waals surface area contributed by atoms with Crippen LogP contribution in [0.5, 0.6) is 0 Å². The van der Waals surface area contributed by atoms with E-state index in [0.29, 0.717) is 44.2 Å². The molecule has 2 heterocycles. The van der Waals surface area contributed by atoms with E-state index in [1.165, 1.54) is 6.08 Å². The van der Waals surface area contributed by atoms with Gasteiger partial charge in [-0.25, -0.2) is 4.98 Å². The van der Waals surface area contributed by atoms with Crippen LogP contribution in [0.25, 0.3) is 51.1 Å². The van der Waals surface area contributed by atoms with Crippen molar-refractivity contribution in [2.75, 3.05) is 5.32 Å². The van der Waals surface area contributed by atoms with Crippen molar-refractivity contribution < 1.29 is 13.6 Å². The highest BCUT2D eigenvalue weighted by Crippen LogP contribution is 2.30. The average molecular weight is 611 g/mol. The summed E-state index contributed by atoms with van der Waals surface area (Å²) >= 11 is 17.5. The van der Waals surface area contributed by atoms with E-state index in [-0.39, 0.29) is 5.11 Å². The van der Waals surface area contributed by atoms with E-state index in [1.54, 1.807) is 54.6 Å². The van der Waals surface area contributed by atoms with Gasteiger partial charge in [0.15, 0.2) is 10.7 Å². The van der Waals surface area contributed by atoms with Crippen LogP contribution < -0.4 is 10.6 Å². The summed E-state index contributed by atoms with van der Waals surface area (Å²) in [6.45, 7) is 0. The van der Waals surface area contributed by atoms with Crippen LogP contribution in [0.3, 0.4) is 0 Å². The smallest absolute Gasteiger partial charge is 0.250 e. The molecule has 206 valence electrons. The van der Waals surface area contributed by atoms with Crippen LogP contribution in [0.15, 0.2) is 118 Å². The number of amides is 1. The van der Waals surface area contributed by atoms with E-state index in [1.807, 2.05) is 42.5 Å². The first-order valence-corrected chi connectivity index (χ1v) is 14.0. The van der Waals surface area contributed by atoms with Crippen LogP contribution >= 0.6 is 35.4 Å². The fourth-order valence-electron chi connectivity index (χ4n) is 4.33. The van der Waals surface area contributed by atoms with Crippen molar-refractivity contribution in [2.45, 2.75) is 0 Å². The fourth-order valence-corrected chi connectivity index (χ4v) is 5.08. The third kappa shape index (κ3) is 6.44. The second kappa shape index (κ2) is 12.0. The maximum atomic E-state index is 12.4. The summed E-state index contributed by atoms with van der Waals surface area (Å²) in [6, 6.07) is 32.3. The molecule has 2 N–H and O–H groups in total. The topological polar surface area (TPSA) is 80.3 Å². The molecule has 6 aromatic rings. The molecule has 2 aromatic heterocycles. The largest absolute Gasteiger partial charge is 0.457 e. The lowest BCUT2D eigenvalue weighted by Gasteiger charge is -2.07. The van der Waals surface area contributed by atoms with Crippen LogP contribution in [0.2, 0.25) is 10.0 Å². The van der Waals surface area contributed by atoms with Gasteiger partial charge in [0.1, 0.15) is 17.0 Å². The molecule has 0 fully saturated rings. The predicted molar refractivity (Wildman–Crippen MR) is 172 cm³/mol. The van der Waals surface area contributed by atoms with Crippen molar-refractivity contribution in [1.82, 2.24) is 10.3 Å². The van der Waals surface area contributed by atoms with Crippen LogP contribution in [0, 0.1) is 0 Å². The molecule has 1 amide bonds. The Morgan fingerprint density at radius 1 is 0.762 bits per heavy atom. The number of aromatic nitrogens is 1. The zero-order valence-electron chi connectivity index (χ0n) is 21.8. The predicted octanol–water partition coefficient (Wildman–Crippen LogP) is 9.25. The van der Waals surface area contributed by atoms with Gasteiger partial charge < -0.3 is 14.2 Å². The van der Waals surface area contributed by atoms with E-state index in [9.17, 15) is 4.79 Å². The second-order valence-electron chi connectivity index (χ2n) is 9.28. The number of carbonyl (C=O) groups excluding carboxylic acids is 1. The molecule has 6 rings (SSSR count). The van der Waals surface area contributed by atoms with Gasteiger partial charge in [0.2, 0.25) is 11.8 Å². The molecule has 0 saturated carbocycles. The van der Waals surface area contributed by atoms with Gasteiger partial charge in [0.05, 0.1) is 0 Å². The highest BCUT2D eigenvalue weighted by atomic mass is 35.5. The Bertz CT molecular complexity index is 1930. The highest BCUT2D eigenvalue weighted by Gasteiger charge is 2.11. The van der Waals surface area contributed by atoms with Gasteiger partial charge in [0.25, 0.3) is 0 Å². The van der Waals surface area contributed by atoms with Crippen LogP contribution in [0.4, 0.5) is 5.69 Å². The van der Waals surface area contributed by atoms with Crippen molar-refractivity contribution in [1.29, 1.82) is 0 Å². The molecule has 0 saturated heterocycles. The number of thiocarbonyl (C=S) groups is 1. The molecule has 0 spiro atoms. The molecule has 0 aliphatic carbocycles. The number of nitrogens with zero attached hydrogens (tertiary/aromatic N) is 1. The third-order valence-electron chi connectivity index (χ3n) is 6.29. The van der Waals surface area contributed by atoms with Gasteiger partial charge >= 0.3 is 0 Å². The lowest BCUT2D eigenvalue weighted by atomic mass is 10.0. The number of furan rings is 1. The molecular weight excluding hydrogens is 589 g/mol. The summed E-state index contributed by atoms with van der Waals surface area (Å²) in [5.74, 6) is 1.16. The normalized spacial score (nSPS) is 11.2. The van der Waals surface area contributed by atoms with Crippen molar-refractivity contribution in [3.05, 3.63) is 125 Å². The minimum absolute atomic E-state index is 0.137. The van der Waals surface area contributed by atoms with Gasteiger partial charge in [-0.05, 0) is 90.1 Å². The quantitative estimate of drug-likeness (QED) is 0.145. The lowest BCUT2D eigenvalue weighted by molar-refractivity contribution is -0.115. The standard InChI is InChI=1S/C33H21Cl2N3O3S/c34-24-16-23(17-25(35)18-24)29-14-11-27(40-29)12-15-31(39)38-33(42)36-26-10-13-30-28(19-26)37-32(41-30)22-8-6-21(7-9-22)20-4-2-1-3-5-20/h1-19H,(H2,36,38,39,42)/b15-12+. The van der Waals surface area contributed by atoms with Gasteiger partial charge in [-0.1, -0.05) is 65.7 Å². The van der Waals surface area contributed by atoms with E-state index >= 15 is 0 Å². The summed E-state index contributed by atoms with van der Waals surface area (Å²) in [7, 11) is 0. The summed E-state index contributed by atoms with van der Waals surface area (Å²) in [5, 5.41) is 6.78. The number of benzene rings is 4. The van der Waals surface area contributed by atoms with Gasteiger partial charge in [0, 0.05) is 32.9 Å². The second-order valence-corrected chi connectivity index (χ2v) is 10.6. The Kier molecular flexibility index (Phi) is 7.88. The van der Waals surface area contributed by atoms with Crippen molar-refractivity contribution in [3.8, 4) is 33.9 Å². The number of nitrogens with one attached hydrogen (secondary N) is 2. The molecule has 4 aromatic carbocycles. The Hall–Kier alpha value is -4.69. The first-order valence-electron chi connectivity index (χ1n) is 12.8. The highest BCUT2D eigenvalue weighted by molar-refractivity contribution is 7.80. The monoisotopic (exact) mass is 609 g/mol. The van der Waals surface area contributed by atoms with E-state index in [0.717, 1.165) is 22.3 Å². The molecule has 9 heteroatoms. The zero-order valence-corrected chi connectivity index (χ0v) is 24.1. The molecule has 0 unspecified atom stereocenters. The van der Waals surface area contributed by atoms with E-state index in [4.69, 9.17) is 44.3 Å². The average Bonchev–Trinajstić information content (AvgIpc) is 3.63. The molecular formula is C33H21Cl2N3O3S. The molecule has 0 atom stereocenters. The number of fused-ring (bicyclic) bond motifs is 1. The van der Waals surface area contributed by atoms with Crippen molar-refractivity contribution in [2.24, 2.45) is 0 Å². The number of hydrogen-bond donors (Lipinski definition) is 2. The van der Waals surface area contributed by atoms with Gasteiger partial charge in [-0.15, -0.1) is 0 Å². The number of rotatable bonds is 6. The molecule has 0 bridgehead atoms. The molecule has 42 heavy (non-hydrogen) atoms. The summed E-state index contributed by atoms with van der Waals surface area (Å²) < 4.78 is 11.8. The van der Waals surface area contributed by atoms with Gasteiger partial charge in [-0.2, -0.15) is 0 Å². The lowest BCUT2D eigenvalue weighted by Crippen LogP contribution is -2.32. The number of oxazole rings is 1.